The molecule has 0 aliphatic carbocycles. The summed E-state index contributed by atoms with van der Waals surface area (Å²) in [5.41, 5.74) is 11.7. The molecule has 5 N–H and O–H groups in total. The van der Waals surface area contributed by atoms with Crippen LogP contribution in [0.3, 0.4) is 0 Å². The molecule has 0 bridgehead atoms. The number of aromatic amines is 1. The van der Waals surface area contributed by atoms with Crippen molar-refractivity contribution in [2.75, 3.05) is 16.4 Å². The molecular formula is C28H24N8OS2. The Morgan fingerprint density at radius 3 is 2.74 bits per heavy atom. The van der Waals surface area contributed by atoms with Crippen LogP contribution in [0.5, 0.6) is 0 Å². The second-order valence-corrected chi connectivity index (χ2v) is 10.8. The van der Waals surface area contributed by atoms with Crippen LogP contribution in [0.15, 0.2) is 89.5 Å². The highest BCUT2D eigenvalue weighted by Crippen LogP contribution is 2.31. The van der Waals surface area contributed by atoms with E-state index in [-0.39, 0.29) is 5.91 Å². The number of benzene rings is 2. The number of amides is 1. The molecule has 0 aliphatic heterocycles. The highest BCUT2D eigenvalue weighted by Gasteiger charge is 2.12. The smallest absolute Gasteiger partial charge is 0.255 e. The van der Waals surface area contributed by atoms with Crippen LogP contribution in [0.25, 0.3) is 16.0 Å². The van der Waals surface area contributed by atoms with Crippen molar-refractivity contribution in [2.45, 2.75) is 17.8 Å². The van der Waals surface area contributed by atoms with E-state index in [9.17, 15) is 4.79 Å². The maximum absolute atomic E-state index is 12.9. The molecular weight excluding hydrogens is 528 g/mol. The number of nitrogens with zero attached hydrogens (tertiary/aromatic N) is 4. The summed E-state index contributed by atoms with van der Waals surface area (Å²) in [6.07, 6.45) is 1.89. The molecule has 2 aromatic carbocycles. The SMILES string of the molecule is Cc1cc(Nc2nc(SCc3ccc(C(=O)Nc4cc(-c5cccs5)ccc4N)cc3)nn3cccc23)n[nH]1. The van der Waals surface area contributed by atoms with Crippen molar-refractivity contribution in [2.24, 2.45) is 0 Å². The van der Waals surface area contributed by atoms with E-state index in [0.717, 1.165) is 27.2 Å². The van der Waals surface area contributed by atoms with Crippen LogP contribution in [0.4, 0.5) is 23.0 Å². The minimum absolute atomic E-state index is 0.213. The van der Waals surface area contributed by atoms with Gasteiger partial charge in [0, 0.05) is 34.2 Å². The minimum atomic E-state index is -0.213. The molecule has 11 heteroatoms. The van der Waals surface area contributed by atoms with Gasteiger partial charge in [0.1, 0.15) is 5.52 Å². The first-order valence-corrected chi connectivity index (χ1v) is 14.0. The lowest BCUT2D eigenvalue weighted by molar-refractivity contribution is 0.102. The molecule has 6 rings (SSSR count). The number of carbonyl (C=O) groups is 1. The number of H-pyrrole nitrogens is 1. The van der Waals surface area contributed by atoms with E-state index in [0.29, 0.717) is 39.5 Å². The largest absolute Gasteiger partial charge is 0.397 e. The number of hydrogen-bond donors (Lipinski definition) is 4. The maximum atomic E-state index is 12.9. The number of rotatable bonds is 8. The van der Waals surface area contributed by atoms with Crippen LogP contribution in [0.2, 0.25) is 0 Å². The van der Waals surface area contributed by atoms with Gasteiger partial charge >= 0.3 is 0 Å². The molecule has 0 atom stereocenters. The normalized spacial score (nSPS) is 11.1. The van der Waals surface area contributed by atoms with E-state index in [1.165, 1.54) is 11.8 Å². The average Bonchev–Trinajstić information content (AvgIpc) is 3.72. The van der Waals surface area contributed by atoms with Crippen molar-refractivity contribution in [1.82, 2.24) is 24.8 Å². The average molecular weight is 553 g/mol. The van der Waals surface area contributed by atoms with Gasteiger partial charge in [-0.15, -0.1) is 16.4 Å². The number of thiophene rings is 1. The lowest BCUT2D eigenvalue weighted by atomic mass is 10.1. The lowest BCUT2D eigenvalue weighted by Crippen LogP contribution is -2.13. The first kappa shape index (κ1) is 24.7. The monoisotopic (exact) mass is 552 g/mol. The number of nitrogen functional groups attached to an aromatic ring is 1. The number of aryl methyl sites for hydroxylation is 1. The second-order valence-electron chi connectivity index (χ2n) is 8.86. The number of nitrogens with two attached hydrogens (primary N) is 1. The van der Waals surface area contributed by atoms with Crippen molar-refractivity contribution < 1.29 is 4.79 Å². The Kier molecular flexibility index (Phi) is 6.74. The first-order chi connectivity index (χ1) is 19.0. The summed E-state index contributed by atoms with van der Waals surface area (Å²) in [6.45, 7) is 1.94. The Balaban J connectivity index is 1.13. The Morgan fingerprint density at radius 1 is 1.10 bits per heavy atom. The van der Waals surface area contributed by atoms with Gasteiger partial charge in [0.2, 0.25) is 5.16 Å². The fourth-order valence-corrected chi connectivity index (χ4v) is 5.54. The Morgan fingerprint density at radius 2 is 1.97 bits per heavy atom. The van der Waals surface area contributed by atoms with Crippen molar-refractivity contribution in [3.8, 4) is 10.4 Å². The number of hydrogen-bond acceptors (Lipinski definition) is 8. The van der Waals surface area contributed by atoms with E-state index in [1.807, 2.05) is 91.3 Å². The number of carbonyl (C=O) groups excluding carboxylic acids is 1. The highest BCUT2D eigenvalue weighted by molar-refractivity contribution is 7.98. The number of fused-ring (bicyclic) bond motifs is 1. The topological polar surface area (TPSA) is 126 Å². The molecule has 39 heavy (non-hydrogen) atoms. The third-order valence-corrected chi connectivity index (χ3v) is 7.84. The molecule has 0 radical (unpaired) electrons. The number of nitrogens with one attached hydrogen (secondary N) is 3. The predicted molar refractivity (Wildman–Crippen MR) is 158 cm³/mol. The van der Waals surface area contributed by atoms with E-state index >= 15 is 0 Å². The van der Waals surface area contributed by atoms with Gasteiger partial charge in [0.15, 0.2) is 11.6 Å². The van der Waals surface area contributed by atoms with Gasteiger partial charge in [-0.2, -0.15) is 5.10 Å². The van der Waals surface area contributed by atoms with Crippen LogP contribution in [0, 0.1) is 6.92 Å². The molecule has 0 saturated carbocycles. The van der Waals surface area contributed by atoms with Crippen LogP contribution in [0.1, 0.15) is 21.6 Å². The van der Waals surface area contributed by atoms with Crippen LogP contribution < -0.4 is 16.4 Å². The molecule has 194 valence electrons. The third kappa shape index (κ3) is 5.49. The molecule has 9 nitrogen and oxygen atoms in total. The highest BCUT2D eigenvalue weighted by atomic mass is 32.2. The standard InChI is InChI=1S/C28H24N8OS2/c1-17-14-25(34-33-17)31-26-23-4-2-12-36(23)35-28(32-26)39-16-18-6-8-19(9-7-18)27(37)30-22-15-20(10-11-21(22)29)24-5-3-13-38-24/h2-15H,16,29H2,1H3,(H,30,37)(H2,31,32,33,34,35). The van der Waals surface area contributed by atoms with Crippen LogP contribution in [-0.4, -0.2) is 30.7 Å². The van der Waals surface area contributed by atoms with Crippen molar-refractivity contribution in [1.29, 1.82) is 0 Å². The van der Waals surface area contributed by atoms with E-state index < -0.39 is 0 Å². The van der Waals surface area contributed by atoms with Crippen molar-refractivity contribution in [3.05, 3.63) is 101 Å². The first-order valence-electron chi connectivity index (χ1n) is 12.1. The Bertz CT molecular complexity index is 1760. The fourth-order valence-electron chi connectivity index (χ4n) is 4.03. The summed E-state index contributed by atoms with van der Waals surface area (Å²) in [6, 6.07) is 23.0. The quantitative estimate of drug-likeness (QED) is 0.128. The van der Waals surface area contributed by atoms with E-state index in [2.05, 4.69) is 25.9 Å². The molecule has 1 amide bonds. The van der Waals surface area contributed by atoms with Gasteiger partial charge in [-0.3, -0.25) is 9.89 Å². The summed E-state index contributed by atoms with van der Waals surface area (Å²) in [4.78, 5) is 18.8. The minimum Gasteiger partial charge on any atom is -0.397 e. The molecule has 0 fully saturated rings. The molecule has 0 aliphatic rings. The lowest BCUT2D eigenvalue weighted by Gasteiger charge is -2.11. The van der Waals surface area contributed by atoms with Crippen LogP contribution in [-0.2, 0) is 5.75 Å². The Hall–Kier alpha value is -4.61. The molecule has 4 aromatic heterocycles. The zero-order chi connectivity index (χ0) is 26.8. The number of thioether (sulfide) groups is 1. The van der Waals surface area contributed by atoms with Crippen molar-refractivity contribution >= 4 is 57.5 Å². The molecule has 0 saturated heterocycles. The Labute approximate surface area is 232 Å². The van der Waals surface area contributed by atoms with Gasteiger partial charge in [-0.05, 0) is 65.9 Å². The number of anilines is 4. The third-order valence-electron chi connectivity index (χ3n) is 6.02. The molecule has 6 aromatic rings. The van der Waals surface area contributed by atoms with E-state index in [4.69, 9.17) is 10.7 Å². The summed E-state index contributed by atoms with van der Waals surface area (Å²) in [7, 11) is 0. The second kappa shape index (κ2) is 10.6. The fraction of sp³-hybridized carbons (Fsp3) is 0.0714. The van der Waals surface area contributed by atoms with Gasteiger partial charge in [-0.25, -0.2) is 9.50 Å². The molecule has 0 spiro atoms. The van der Waals surface area contributed by atoms with Crippen molar-refractivity contribution in [3.63, 3.8) is 0 Å². The summed E-state index contributed by atoms with van der Waals surface area (Å²) in [5, 5.41) is 20.6. The van der Waals surface area contributed by atoms with Gasteiger partial charge in [0.25, 0.3) is 5.91 Å². The van der Waals surface area contributed by atoms with Crippen LogP contribution >= 0.6 is 23.1 Å². The summed E-state index contributed by atoms with van der Waals surface area (Å²) < 4.78 is 1.80. The van der Waals surface area contributed by atoms with Gasteiger partial charge in [-0.1, -0.05) is 36.0 Å². The zero-order valence-electron chi connectivity index (χ0n) is 20.9. The van der Waals surface area contributed by atoms with Gasteiger partial charge < -0.3 is 16.4 Å². The summed E-state index contributed by atoms with van der Waals surface area (Å²) >= 11 is 3.15. The molecule has 0 unspecified atom stereocenters. The predicted octanol–water partition coefficient (Wildman–Crippen LogP) is 6.36. The summed E-state index contributed by atoms with van der Waals surface area (Å²) in [5.74, 6) is 1.80. The maximum Gasteiger partial charge on any atom is 0.255 e. The molecule has 4 heterocycles. The van der Waals surface area contributed by atoms with E-state index in [1.54, 1.807) is 15.9 Å². The zero-order valence-corrected chi connectivity index (χ0v) is 22.5. The number of aromatic nitrogens is 5. The van der Waals surface area contributed by atoms with Gasteiger partial charge in [0.05, 0.1) is 11.4 Å².